The topological polar surface area (TPSA) is 60.8 Å². The fraction of sp³-hybridized carbons (Fsp3) is 0.474. The Labute approximate surface area is 154 Å². The molecule has 6 nitrogen and oxygen atoms in total. The number of ether oxygens (including phenoxy) is 2. The summed E-state index contributed by atoms with van der Waals surface area (Å²) in [5, 5.41) is -0.0131. The summed E-state index contributed by atoms with van der Waals surface area (Å²) >= 11 is 0. The predicted octanol–water partition coefficient (Wildman–Crippen LogP) is 2.63. The molecule has 2 aliphatic rings. The first-order chi connectivity index (χ1) is 13.0. The molecule has 1 aromatic carbocycles. The van der Waals surface area contributed by atoms with E-state index in [9.17, 15) is 18.4 Å². The number of halogens is 2. The van der Waals surface area contributed by atoms with Crippen LogP contribution in [0.15, 0.2) is 16.9 Å². The molecular formula is C19H20F2N2O4. The molecule has 1 aliphatic heterocycles. The van der Waals surface area contributed by atoms with Gasteiger partial charge >= 0.3 is 5.97 Å². The van der Waals surface area contributed by atoms with Gasteiger partial charge in [-0.2, -0.15) is 0 Å². The van der Waals surface area contributed by atoms with Gasteiger partial charge in [-0.1, -0.05) is 0 Å². The van der Waals surface area contributed by atoms with Gasteiger partial charge in [0, 0.05) is 30.6 Å². The Balaban J connectivity index is 2.07. The quantitative estimate of drug-likeness (QED) is 0.766. The van der Waals surface area contributed by atoms with E-state index in [1.54, 1.807) is 11.5 Å². The van der Waals surface area contributed by atoms with Gasteiger partial charge in [0.25, 0.3) is 0 Å². The van der Waals surface area contributed by atoms with Crippen molar-refractivity contribution in [2.75, 3.05) is 37.8 Å². The Hall–Kier alpha value is -2.48. The van der Waals surface area contributed by atoms with Crippen LogP contribution in [0.1, 0.15) is 36.2 Å². The molecular weight excluding hydrogens is 358 g/mol. The Morgan fingerprint density at radius 1 is 1.22 bits per heavy atom. The molecule has 1 aliphatic carbocycles. The minimum absolute atomic E-state index is 0.0131. The van der Waals surface area contributed by atoms with E-state index in [1.807, 2.05) is 4.90 Å². The van der Waals surface area contributed by atoms with E-state index in [-0.39, 0.29) is 23.6 Å². The molecule has 0 N–H and O–H groups in total. The summed E-state index contributed by atoms with van der Waals surface area (Å²) in [4.78, 5) is 27.7. The Morgan fingerprint density at radius 2 is 1.89 bits per heavy atom. The number of esters is 1. The summed E-state index contributed by atoms with van der Waals surface area (Å²) in [5.74, 6) is -2.46. The normalized spacial score (nSPS) is 17.4. The fourth-order valence-corrected chi connectivity index (χ4v) is 3.56. The summed E-state index contributed by atoms with van der Waals surface area (Å²) in [6.07, 6.45) is 1.69. The van der Waals surface area contributed by atoms with Crippen LogP contribution < -0.4 is 10.3 Å². The van der Waals surface area contributed by atoms with Crippen LogP contribution in [0.4, 0.5) is 14.6 Å². The highest BCUT2D eigenvalue weighted by atomic mass is 19.2. The van der Waals surface area contributed by atoms with Gasteiger partial charge in [-0.3, -0.25) is 4.79 Å². The Morgan fingerprint density at radius 3 is 2.52 bits per heavy atom. The average Bonchev–Trinajstić information content (AvgIpc) is 3.49. The van der Waals surface area contributed by atoms with Crippen molar-refractivity contribution in [1.82, 2.24) is 4.57 Å². The number of carbonyl (C=O) groups excluding carboxylic acids is 1. The van der Waals surface area contributed by atoms with Crippen LogP contribution in [0, 0.1) is 11.6 Å². The van der Waals surface area contributed by atoms with Crippen LogP contribution >= 0.6 is 0 Å². The maximum atomic E-state index is 14.0. The van der Waals surface area contributed by atoms with E-state index >= 15 is 0 Å². The Kier molecular flexibility index (Phi) is 4.59. The van der Waals surface area contributed by atoms with Crippen LogP contribution in [-0.4, -0.2) is 43.4 Å². The largest absolute Gasteiger partial charge is 0.462 e. The number of morpholine rings is 1. The second-order valence-electron chi connectivity index (χ2n) is 6.73. The summed E-state index contributed by atoms with van der Waals surface area (Å²) in [6.45, 7) is 3.66. The lowest BCUT2D eigenvalue weighted by Gasteiger charge is -2.33. The zero-order valence-electron chi connectivity index (χ0n) is 15.0. The van der Waals surface area contributed by atoms with Gasteiger partial charge in [-0.15, -0.1) is 0 Å². The third-order valence-corrected chi connectivity index (χ3v) is 4.92. The molecule has 1 saturated carbocycles. The summed E-state index contributed by atoms with van der Waals surface area (Å²) < 4.78 is 40.1. The molecule has 27 heavy (non-hydrogen) atoms. The lowest BCUT2D eigenvalue weighted by Crippen LogP contribution is -2.40. The first-order valence-electron chi connectivity index (χ1n) is 9.10. The van der Waals surface area contributed by atoms with E-state index < -0.39 is 23.0 Å². The van der Waals surface area contributed by atoms with Crippen molar-refractivity contribution in [2.45, 2.75) is 25.8 Å². The van der Waals surface area contributed by atoms with Gasteiger partial charge in [0.2, 0.25) is 5.43 Å². The van der Waals surface area contributed by atoms with Crippen molar-refractivity contribution >= 4 is 22.7 Å². The van der Waals surface area contributed by atoms with Crippen molar-refractivity contribution in [2.24, 2.45) is 0 Å². The zero-order chi connectivity index (χ0) is 19.1. The van der Waals surface area contributed by atoms with Crippen LogP contribution in [0.2, 0.25) is 0 Å². The number of rotatable bonds is 4. The number of pyridine rings is 1. The molecule has 0 bridgehead atoms. The number of nitrogens with zero attached hydrogens (tertiary/aromatic N) is 2. The number of fused-ring (bicyclic) bond motifs is 1. The molecule has 2 heterocycles. The summed E-state index contributed by atoms with van der Waals surface area (Å²) in [5.41, 5.74) is -0.458. The lowest BCUT2D eigenvalue weighted by molar-refractivity contribution is 0.0524. The van der Waals surface area contributed by atoms with Crippen molar-refractivity contribution in [3.05, 3.63) is 39.6 Å². The van der Waals surface area contributed by atoms with Crippen LogP contribution in [0.25, 0.3) is 10.9 Å². The smallest absolute Gasteiger partial charge is 0.345 e. The van der Waals surface area contributed by atoms with Gasteiger partial charge in [-0.25, -0.2) is 13.6 Å². The number of hydrogen-bond donors (Lipinski definition) is 0. The van der Waals surface area contributed by atoms with E-state index in [2.05, 4.69) is 0 Å². The highest BCUT2D eigenvalue weighted by Crippen LogP contribution is 2.42. The van der Waals surface area contributed by atoms with Crippen molar-refractivity contribution in [1.29, 1.82) is 0 Å². The van der Waals surface area contributed by atoms with E-state index in [1.165, 1.54) is 0 Å². The van der Waals surface area contributed by atoms with E-state index in [4.69, 9.17) is 9.47 Å². The number of benzene rings is 1. The predicted molar refractivity (Wildman–Crippen MR) is 95.4 cm³/mol. The molecule has 0 atom stereocenters. The highest BCUT2D eigenvalue weighted by Gasteiger charge is 2.35. The molecule has 1 aromatic heterocycles. The highest BCUT2D eigenvalue weighted by molar-refractivity contribution is 6.00. The molecule has 144 valence electrons. The van der Waals surface area contributed by atoms with E-state index in [0.717, 1.165) is 25.0 Å². The molecule has 0 radical (unpaired) electrons. The maximum Gasteiger partial charge on any atom is 0.345 e. The van der Waals surface area contributed by atoms with Crippen molar-refractivity contribution < 1.29 is 23.0 Å². The molecule has 0 amide bonds. The van der Waals surface area contributed by atoms with Crippen molar-refractivity contribution in [3.8, 4) is 0 Å². The second kappa shape index (κ2) is 6.92. The van der Waals surface area contributed by atoms with Crippen LogP contribution in [-0.2, 0) is 9.47 Å². The molecule has 1 saturated heterocycles. The number of carbonyl (C=O) groups is 1. The summed E-state index contributed by atoms with van der Waals surface area (Å²) in [6, 6.07) is 1.95. The zero-order valence-corrected chi connectivity index (χ0v) is 15.0. The minimum atomic E-state index is -1.11. The summed E-state index contributed by atoms with van der Waals surface area (Å²) in [7, 11) is 0. The van der Waals surface area contributed by atoms with Crippen molar-refractivity contribution in [3.63, 3.8) is 0 Å². The average molecular weight is 378 g/mol. The van der Waals surface area contributed by atoms with E-state index in [0.29, 0.717) is 37.6 Å². The number of hydrogen-bond acceptors (Lipinski definition) is 5. The van der Waals surface area contributed by atoms with Gasteiger partial charge in [0.15, 0.2) is 11.6 Å². The molecule has 0 spiro atoms. The molecule has 8 heteroatoms. The van der Waals surface area contributed by atoms with Gasteiger partial charge in [0.05, 0.1) is 25.3 Å². The molecule has 2 fully saturated rings. The van der Waals surface area contributed by atoms with Crippen LogP contribution in [0.3, 0.4) is 0 Å². The first kappa shape index (κ1) is 17.9. The third-order valence-electron chi connectivity index (χ3n) is 4.92. The Bertz CT molecular complexity index is 963. The van der Waals surface area contributed by atoms with Gasteiger partial charge in [-0.05, 0) is 25.8 Å². The SMILES string of the molecule is CCOC(=O)c1c(N2CCOCC2)n(C2CC2)c2cc(F)c(F)cc2c1=O. The number of aromatic nitrogens is 1. The fourth-order valence-electron chi connectivity index (χ4n) is 3.56. The minimum Gasteiger partial charge on any atom is -0.462 e. The van der Waals surface area contributed by atoms with Crippen LogP contribution in [0.5, 0.6) is 0 Å². The molecule has 2 aromatic rings. The second-order valence-corrected chi connectivity index (χ2v) is 6.73. The van der Waals surface area contributed by atoms with Gasteiger partial charge < -0.3 is 18.9 Å². The monoisotopic (exact) mass is 378 g/mol. The molecule has 4 rings (SSSR count). The number of anilines is 1. The molecule has 0 unspecified atom stereocenters. The first-order valence-corrected chi connectivity index (χ1v) is 9.10. The third kappa shape index (κ3) is 3.07. The van der Waals surface area contributed by atoms with Gasteiger partial charge in [0.1, 0.15) is 11.4 Å². The lowest BCUT2D eigenvalue weighted by atomic mass is 10.1. The maximum absolute atomic E-state index is 14.0. The standard InChI is InChI=1S/C19H20F2N2O4/c1-2-27-19(25)16-17(24)12-9-13(20)14(21)10-15(12)23(11-3-4-11)18(16)22-5-7-26-8-6-22/h9-11H,2-8H2,1H3.